The van der Waals surface area contributed by atoms with E-state index in [1.807, 2.05) is 38.1 Å². The molecule has 0 bridgehead atoms. The summed E-state index contributed by atoms with van der Waals surface area (Å²) in [4.78, 5) is 40.2. The van der Waals surface area contributed by atoms with Crippen LogP contribution in [0.2, 0.25) is 0 Å². The monoisotopic (exact) mass is 456 g/mol. The molecule has 1 N–H and O–H groups in total. The van der Waals surface area contributed by atoms with E-state index in [1.54, 1.807) is 24.8 Å². The van der Waals surface area contributed by atoms with Gasteiger partial charge in [-0.25, -0.2) is 4.79 Å². The van der Waals surface area contributed by atoms with Gasteiger partial charge in [0, 0.05) is 19.2 Å². The molecule has 0 aliphatic heterocycles. The summed E-state index contributed by atoms with van der Waals surface area (Å²) in [5.41, 5.74) is 2.88. The Kier molecular flexibility index (Phi) is 9.20. The molecule has 2 aromatic rings. The number of nitrogens with zero attached hydrogens (tertiary/aromatic N) is 1. The molecule has 0 radical (unpaired) electrons. The Hall–Kier alpha value is -2.93. The second-order valence-electron chi connectivity index (χ2n) is 7.60. The average Bonchev–Trinajstić information content (AvgIpc) is 3.09. The van der Waals surface area contributed by atoms with Gasteiger partial charge in [0.1, 0.15) is 5.00 Å². The maximum atomic E-state index is 12.9. The predicted octanol–water partition coefficient (Wildman–Crippen LogP) is 5.49. The van der Waals surface area contributed by atoms with Gasteiger partial charge in [0.25, 0.3) is 5.91 Å². The summed E-state index contributed by atoms with van der Waals surface area (Å²) in [6, 6.07) is 7.99. The van der Waals surface area contributed by atoms with Crippen LogP contribution in [-0.4, -0.2) is 42.4 Å². The summed E-state index contributed by atoms with van der Waals surface area (Å²) in [5, 5.41) is 3.08. The van der Waals surface area contributed by atoms with Crippen molar-refractivity contribution in [2.75, 3.05) is 25.0 Å². The number of carbonyl (C=O) groups is 3. The molecule has 0 unspecified atom stereocenters. The first-order chi connectivity index (χ1) is 15.2. The van der Waals surface area contributed by atoms with Gasteiger partial charge in [0.2, 0.25) is 5.91 Å². The number of amides is 2. The molecular weight excluding hydrogens is 424 g/mol. The zero-order valence-corrected chi connectivity index (χ0v) is 20.5. The Morgan fingerprint density at radius 2 is 1.72 bits per heavy atom. The number of hydrogen-bond donors (Lipinski definition) is 1. The van der Waals surface area contributed by atoms with Crippen molar-refractivity contribution < 1.29 is 19.1 Å². The van der Waals surface area contributed by atoms with Crippen LogP contribution in [0.15, 0.2) is 30.3 Å². The quantitative estimate of drug-likeness (QED) is 0.400. The molecule has 0 atom stereocenters. The molecule has 0 spiro atoms. The van der Waals surface area contributed by atoms with E-state index >= 15 is 0 Å². The van der Waals surface area contributed by atoms with Gasteiger partial charge < -0.3 is 15.0 Å². The summed E-state index contributed by atoms with van der Waals surface area (Å²) in [6.45, 7) is 12.8. The lowest BCUT2D eigenvalue weighted by Gasteiger charge is -2.18. The molecule has 32 heavy (non-hydrogen) atoms. The van der Waals surface area contributed by atoms with E-state index in [0.717, 1.165) is 16.9 Å². The molecular formula is C25H32N2O4S. The minimum absolute atomic E-state index is 0.163. The Labute approximate surface area is 194 Å². The van der Waals surface area contributed by atoms with Gasteiger partial charge in [-0.05, 0) is 56.4 Å². The number of benzene rings is 1. The summed E-state index contributed by atoms with van der Waals surface area (Å²) in [7, 11) is 0. The maximum Gasteiger partial charge on any atom is 0.341 e. The number of carbonyl (C=O) groups excluding carboxylic acids is 3. The molecule has 0 aliphatic rings. The first-order valence-electron chi connectivity index (χ1n) is 10.9. The van der Waals surface area contributed by atoms with E-state index in [2.05, 4.69) is 19.2 Å². The molecule has 7 heteroatoms. The highest BCUT2D eigenvalue weighted by Gasteiger charge is 2.28. The zero-order valence-electron chi connectivity index (χ0n) is 19.7. The predicted molar refractivity (Wildman–Crippen MR) is 130 cm³/mol. The van der Waals surface area contributed by atoms with Crippen LogP contribution in [0.3, 0.4) is 0 Å². The highest BCUT2D eigenvalue weighted by Crippen LogP contribution is 2.34. The summed E-state index contributed by atoms with van der Waals surface area (Å²) < 4.78 is 5.17. The van der Waals surface area contributed by atoms with Crippen LogP contribution < -0.4 is 5.32 Å². The lowest BCUT2D eigenvalue weighted by Crippen LogP contribution is -2.30. The highest BCUT2D eigenvalue weighted by molar-refractivity contribution is 7.18. The number of esters is 1. The Balaban J connectivity index is 2.30. The molecule has 2 rings (SSSR count). The number of hydrogen-bond acceptors (Lipinski definition) is 5. The number of anilines is 1. The van der Waals surface area contributed by atoms with Crippen molar-refractivity contribution in [2.24, 2.45) is 0 Å². The van der Waals surface area contributed by atoms with Crippen LogP contribution in [0, 0.1) is 6.92 Å². The largest absolute Gasteiger partial charge is 0.462 e. The van der Waals surface area contributed by atoms with Gasteiger partial charge in [-0.15, -0.1) is 11.3 Å². The summed E-state index contributed by atoms with van der Waals surface area (Å²) >= 11 is 1.10. The Bertz CT molecular complexity index is 986. The zero-order chi connectivity index (χ0) is 23.8. The van der Waals surface area contributed by atoms with E-state index in [4.69, 9.17) is 4.74 Å². The molecule has 1 heterocycles. The number of nitrogens with one attached hydrogen (secondary N) is 1. The normalized spacial score (nSPS) is 11.1. The third-order valence-corrected chi connectivity index (χ3v) is 6.33. The first-order valence-corrected chi connectivity index (χ1v) is 11.7. The van der Waals surface area contributed by atoms with E-state index in [1.165, 1.54) is 11.6 Å². The molecule has 0 fully saturated rings. The van der Waals surface area contributed by atoms with Crippen molar-refractivity contribution in [3.05, 3.63) is 57.5 Å². The van der Waals surface area contributed by atoms with Crippen molar-refractivity contribution in [1.29, 1.82) is 0 Å². The molecule has 0 saturated heterocycles. The molecule has 0 saturated carbocycles. The van der Waals surface area contributed by atoms with E-state index in [0.29, 0.717) is 34.4 Å². The van der Waals surface area contributed by atoms with Gasteiger partial charge in [-0.2, -0.15) is 0 Å². The van der Waals surface area contributed by atoms with Crippen molar-refractivity contribution in [1.82, 2.24) is 4.90 Å². The fraction of sp³-hybridized carbons (Fsp3) is 0.400. The van der Waals surface area contributed by atoms with Crippen molar-refractivity contribution >= 4 is 40.2 Å². The van der Waals surface area contributed by atoms with E-state index in [9.17, 15) is 14.4 Å². The highest BCUT2D eigenvalue weighted by atomic mass is 32.1. The standard InChI is InChI=1S/C25H32N2O4S/c1-7-27(8-2)24(29)22-17(6)21(25(30)31-9-3)23(32-22)26-20(28)15-12-18-10-13-19(14-11-18)16(4)5/h10-16H,7-9H2,1-6H3,(H,26,28). The minimum Gasteiger partial charge on any atom is -0.462 e. The molecule has 172 valence electrons. The minimum atomic E-state index is -0.552. The van der Waals surface area contributed by atoms with Crippen LogP contribution >= 0.6 is 11.3 Å². The SMILES string of the molecule is CCOC(=O)c1c(NC(=O)C=Cc2ccc(C(C)C)cc2)sc(C(=O)N(CC)CC)c1C. The second kappa shape index (κ2) is 11.6. The average molecular weight is 457 g/mol. The van der Waals surface area contributed by atoms with Crippen LogP contribution in [0.1, 0.15) is 77.3 Å². The second-order valence-corrected chi connectivity index (χ2v) is 8.62. The van der Waals surface area contributed by atoms with Gasteiger partial charge >= 0.3 is 5.97 Å². The third-order valence-electron chi connectivity index (χ3n) is 5.14. The lowest BCUT2D eigenvalue weighted by molar-refractivity contribution is -0.111. The van der Waals surface area contributed by atoms with Crippen LogP contribution in [-0.2, 0) is 9.53 Å². The molecule has 6 nitrogen and oxygen atoms in total. The first kappa shape index (κ1) is 25.3. The topological polar surface area (TPSA) is 75.7 Å². The molecule has 1 aromatic carbocycles. The van der Waals surface area contributed by atoms with Gasteiger partial charge in [0.15, 0.2) is 0 Å². The smallest absolute Gasteiger partial charge is 0.341 e. The Morgan fingerprint density at radius 3 is 2.25 bits per heavy atom. The number of ether oxygens (including phenoxy) is 1. The summed E-state index contributed by atoms with van der Waals surface area (Å²) in [6.07, 6.45) is 3.13. The fourth-order valence-corrected chi connectivity index (χ4v) is 4.39. The molecule has 1 aromatic heterocycles. The Morgan fingerprint density at radius 1 is 1.09 bits per heavy atom. The summed E-state index contributed by atoms with van der Waals surface area (Å²) in [5.74, 6) is -0.660. The molecule has 0 aliphatic carbocycles. The number of thiophene rings is 1. The van der Waals surface area contributed by atoms with Gasteiger partial charge in [-0.3, -0.25) is 9.59 Å². The van der Waals surface area contributed by atoms with Gasteiger partial charge in [0.05, 0.1) is 17.0 Å². The van der Waals surface area contributed by atoms with Gasteiger partial charge in [-0.1, -0.05) is 38.1 Å². The molecule has 2 amide bonds. The van der Waals surface area contributed by atoms with E-state index in [-0.39, 0.29) is 24.0 Å². The lowest BCUT2D eigenvalue weighted by atomic mass is 10.0. The van der Waals surface area contributed by atoms with Crippen molar-refractivity contribution in [2.45, 2.75) is 47.5 Å². The van der Waals surface area contributed by atoms with Crippen LogP contribution in [0.5, 0.6) is 0 Å². The third kappa shape index (κ3) is 6.07. The van der Waals surface area contributed by atoms with Crippen LogP contribution in [0.25, 0.3) is 6.08 Å². The van der Waals surface area contributed by atoms with Crippen LogP contribution in [0.4, 0.5) is 5.00 Å². The maximum absolute atomic E-state index is 12.9. The number of rotatable bonds is 9. The van der Waals surface area contributed by atoms with Crippen molar-refractivity contribution in [3.8, 4) is 0 Å². The van der Waals surface area contributed by atoms with Crippen molar-refractivity contribution in [3.63, 3.8) is 0 Å². The van der Waals surface area contributed by atoms with E-state index < -0.39 is 5.97 Å². The fourth-order valence-electron chi connectivity index (χ4n) is 3.23.